The second-order valence-electron chi connectivity index (χ2n) is 4.81. The highest BCUT2D eigenvalue weighted by Gasteiger charge is 2.22. The van der Waals surface area contributed by atoms with Crippen molar-refractivity contribution in [2.24, 2.45) is 0 Å². The molecule has 0 aliphatic carbocycles. The van der Waals surface area contributed by atoms with Crippen LogP contribution in [0.1, 0.15) is 25.7 Å². The van der Waals surface area contributed by atoms with Gasteiger partial charge in [0.15, 0.2) is 22.6 Å². The van der Waals surface area contributed by atoms with E-state index in [1.165, 1.54) is 4.90 Å². The number of carbonyl (C=O) groups excluding carboxylic acids is 2. The number of thiazole rings is 1. The van der Waals surface area contributed by atoms with Gasteiger partial charge in [-0.1, -0.05) is 11.3 Å². The van der Waals surface area contributed by atoms with E-state index in [1.54, 1.807) is 21.0 Å². The monoisotopic (exact) mass is 343 g/mol. The molecule has 0 bridgehead atoms. The number of rotatable bonds is 3. The second kappa shape index (κ2) is 6.37. The molecule has 2 aromatic rings. The number of benzene rings is 1. The molecule has 1 N–H and O–H groups in total. The summed E-state index contributed by atoms with van der Waals surface area (Å²) < 4.78 is 39.6. The fraction of sp³-hybridized carbons (Fsp3) is 0.214. The molecule has 2 amide bonds. The lowest BCUT2D eigenvalue weighted by atomic mass is 10.2. The summed E-state index contributed by atoms with van der Waals surface area (Å²) in [6.07, 6.45) is 0. The summed E-state index contributed by atoms with van der Waals surface area (Å²) in [6.45, 7) is 1.58. The van der Waals surface area contributed by atoms with Crippen LogP contribution in [0.3, 0.4) is 0 Å². The molecule has 0 fully saturated rings. The summed E-state index contributed by atoms with van der Waals surface area (Å²) in [7, 11) is 3.13. The van der Waals surface area contributed by atoms with Gasteiger partial charge in [0.25, 0.3) is 11.8 Å². The number of amides is 2. The molecule has 5 nitrogen and oxygen atoms in total. The maximum absolute atomic E-state index is 13.6. The lowest BCUT2D eigenvalue weighted by Gasteiger charge is -2.07. The van der Waals surface area contributed by atoms with Crippen LogP contribution >= 0.6 is 11.3 Å². The third-order valence-electron chi connectivity index (χ3n) is 2.90. The van der Waals surface area contributed by atoms with Crippen LogP contribution in [-0.4, -0.2) is 35.8 Å². The normalized spacial score (nSPS) is 10.5. The zero-order valence-corrected chi connectivity index (χ0v) is 13.2. The molecule has 0 unspecified atom stereocenters. The van der Waals surface area contributed by atoms with Crippen molar-refractivity contribution >= 4 is 28.3 Å². The predicted molar refractivity (Wildman–Crippen MR) is 79.1 cm³/mol. The highest BCUT2D eigenvalue weighted by molar-refractivity contribution is 7.17. The number of aryl methyl sites for hydroxylation is 1. The summed E-state index contributed by atoms with van der Waals surface area (Å²) in [5.74, 6) is -5.97. The molecule has 1 aromatic heterocycles. The number of hydrogen-bond acceptors (Lipinski definition) is 4. The molecule has 23 heavy (non-hydrogen) atoms. The van der Waals surface area contributed by atoms with E-state index in [9.17, 15) is 22.8 Å². The Morgan fingerprint density at radius 3 is 2.43 bits per heavy atom. The Hall–Kier alpha value is -2.42. The van der Waals surface area contributed by atoms with Gasteiger partial charge in [-0.2, -0.15) is 0 Å². The summed E-state index contributed by atoms with van der Waals surface area (Å²) >= 11 is 0.908. The van der Waals surface area contributed by atoms with Gasteiger partial charge >= 0.3 is 0 Å². The largest absolute Gasteiger partial charge is 0.344 e. The van der Waals surface area contributed by atoms with Crippen LogP contribution < -0.4 is 5.32 Å². The zero-order valence-electron chi connectivity index (χ0n) is 12.4. The van der Waals surface area contributed by atoms with Crippen molar-refractivity contribution in [3.63, 3.8) is 0 Å². The van der Waals surface area contributed by atoms with E-state index in [4.69, 9.17) is 0 Å². The third-order valence-corrected chi connectivity index (χ3v) is 3.96. The van der Waals surface area contributed by atoms with Crippen molar-refractivity contribution in [1.82, 2.24) is 9.88 Å². The van der Waals surface area contributed by atoms with Gasteiger partial charge in [0.2, 0.25) is 0 Å². The van der Waals surface area contributed by atoms with Gasteiger partial charge < -0.3 is 4.90 Å². The van der Waals surface area contributed by atoms with Crippen LogP contribution in [-0.2, 0) is 0 Å². The molecule has 122 valence electrons. The van der Waals surface area contributed by atoms with Crippen molar-refractivity contribution in [1.29, 1.82) is 0 Å². The van der Waals surface area contributed by atoms with Crippen molar-refractivity contribution in [2.45, 2.75) is 6.92 Å². The van der Waals surface area contributed by atoms with E-state index in [2.05, 4.69) is 10.3 Å². The Labute approximate surface area is 133 Å². The number of nitrogens with one attached hydrogen (secondary N) is 1. The minimum absolute atomic E-state index is 0.0573. The van der Waals surface area contributed by atoms with Gasteiger partial charge in [0.1, 0.15) is 4.88 Å². The number of carbonyl (C=O) groups is 2. The quantitative estimate of drug-likeness (QED) is 0.872. The molecule has 0 radical (unpaired) electrons. The van der Waals surface area contributed by atoms with Crippen LogP contribution in [0.2, 0.25) is 0 Å². The van der Waals surface area contributed by atoms with E-state index >= 15 is 0 Å². The lowest BCUT2D eigenvalue weighted by molar-refractivity contribution is 0.0831. The van der Waals surface area contributed by atoms with Gasteiger partial charge in [-0.05, 0) is 19.1 Å². The number of aromatic nitrogens is 1. The topological polar surface area (TPSA) is 62.3 Å². The summed E-state index contributed by atoms with van der Waals surface area (Å²) in [5.41, 5.74) is -0.257. The molecule has 9 heteroatoms. The fourth-order valence-corrected chi connectivity index (χ4v) is 2.70. The maximum atomic E-state index is 13.6. The molecule has 1 aromatic carbocycles. The molecule has 0 saturated heterocycles. The minimum Gasteiger partial charge on any atom is -0.344 e. The van der Waals surface area contributed by atoms with Crippen LogP contribution in [0.4, 0.5) is 18.3 Å². The molecule has 2 rings (SSSR count). The zero-order chi connectivity index (χ0) is 17.3. The van der Waals surface area contributed by atoms with E-state index in [1.807, 2.05) is 0 Å². The fourth-order valence-electron chi connectivity index (χ4n) is 1.72. The lowest BCUT2D eigenvalue weighted by Crippen LogP contribution is -2.21. The van der Waals surface area contributed by atoms with Gasteiger partial charge in [0, 0.05) is 14.1 Å². The van der Waals surface area contributed by atoms with E-state index in [-0.39, 0.29) is 11.0 Å². The van der Waals surface area contributed by atoms with Gasteiger partial charge in [0.05, 0.1) is 11.3 Å². The first-order valence-corrected chi connectivity index (χ1v) is 7.18. The van der Waals surface area contributed by atoms with Crippen molar-refractivity contribution < 1.29 is 22.8 Å². The highest BCUT2D eigenvalue weighted by atomic mass is 32.1. The smallest absolute Gasteiger partial charge is 0.265 e. The van der Waals surface area contributed by atoms with Crippen LogP contribution in [0.5, 0.6) is 0 Å². The average Bonchev–Trinajstić information content (AvgIpc) is 2.84. The Balaban J connectivity index is 2.27. The Kier molecular flexibility index (Phi) is 4.69. The number of nitrogens with zero attached hydrogens (tertiary/aromatic N) is 2. The Bertz CT molecular complexity index is 790. The SMILES string of the molecule is Cc1nc(NC(=O)c2ccc(F)c(F)c2F)sc1C(=O)N(C)C. The van der Waals surface area contributed by atoms with E-state index in [0.717, 1.165) is 17.4 Å². The van der Waals surface area contributed by atoms with Crippen molar-refractivity contribution in [2.75, 3.05) is 19.4 Å². The van der Waals surface area contributed by atoms with Gasteiger partial charge in [-0.15, -0.1) is 0 Å². The molecular formula is C14H12F3N3O2S. The van der Waals surface area contributed by atoms with Crippen LogP contribution in [0.15, 0.2) is 12.1 Å². The molecule has 0 aliphatic rings. The van der Waals surface area contributed by atoms with E-state index in [0.29, 0.717) is 16.6 Å². The molecule has 0 atom stereocenters. The first-order chi connectivity index (χ1) is 10.7. The molecule has 0 aliphatic heterocycles. The second-order valence-corrected chi connectivity index (χ2v) is 5.81. The first kappa shape index (κ1) is 16.9. The summed E-state index contributed by atoms with van der Waals surface area (Å²) in [4.78, 5) is 29.5. The highest BCUT2D eigenvalue weighted by Crippen LogP contribution is 2.24. The molecule has 0 saturated carbocycles. The Morgan fingerprint density at radius 2 is 1.83 bits per heavy atom. The molecule has 0 spiro atoms. The number of anilines is 1. The Morgan fingerprint density at radius 1 is 1.17 bits per heavy atom. The summed E-state index contributed by atoms with van der Waals surface area (Å²) in [5, 5.41) is 2.33. The van der Waals surface area contributed by atoms with Crippen LogP contribution in [0.25, 0.3) is 0 Å². The maximum Gasteiger partial charge on any atom is 0.265 e. The van der Waals surface area contributed by atoms with Crippen LogP contribution in [0, 0.1) is 24.4 Å². The molecular weight excluding hydrogens is 331 g/mol. The standard InChI is InChI=1S/C14H12F3N3O2S/c1-6-11(13(22)20(2)3)23-14(18-6)19-12(21)7-4-5-8(15)10(17)9(7)16/h4-5H,1-3H3,(H,18,19,21). The minimum atomic E-state index is -1.73. The van der Waals surface area contributed by atoms with E-state index < -0.39 is 28.9 Å². The predicted octanol–water partition coefficient (Wildman–Crippen LogP) is 2.82. The van der Waals surface area contributed by atoms with Crippen molar-refractivity contribution in [3.8, 4) is 0 Å². The third kappa shape index (κ3) is 3.34. The summed E-state index contributed by atoms with van der Waals surface area (Å²) in [6, 6.07) is 1.48. The first-order valence-electron chi connectivity index (χ1n) is 6.36. The number of halogens is 3. The number of hydrogen-bond donors (Lipinski definition) is 1. The van der Waals surface area contributed by atoms with Gasteiger partial charge in [-0.3, -0.25) is 14.9 Å². The van der Waals surface area contributed by atoms with Gasteiger partial charge in [-0.25, -0.2) is 18.2 Å². The van der Waals surface area contributed by atoms with Crippen molar-refractivity contribution in [3.05, 3.63) is 45.7 Å². The average molecular weight is 343 g/mol. The molecule has 1 heterocycles.